The van der Waals surface area contributed by atoms with E-state index in [2.05, 4.69) is 52.0 Å². The van der Waals surface area contributed by atoms with Crippen molar-refractivity contribution in [1.82, 2.24) is 45.2 Å². The first-order valence-corrected chi connectivity index (χ1v) is 19.0. The number of piperidine rings is 2. The Labute approximate surface area is 316 Å². The molecular formula is C38H40N12O3S. The molecule has 54 heavy (non-hydrogen) atoms. The summed E-state index contributed by atoms with van der Waals surface area (Å²) in [5.74, 6) is -1.07. The van der Waals surface area contributed by atoms with Crippen LogP contribution in [0.1, 0.15) is 47.2 Å². The van der Waals surface area contributed by atoms with Crippen molar-refractivity contribution < 1.29 is 14.4 Å². The van der Waals surface area contributed by atoms with Crippen LogP contribution in [-0.2, 0) is 16.1 Å². The van der Waals surface area contributed by atoms with Gasteiger partial charge >= 0.3 is 0 Å². The Morgan fingerprint density at radius 2 is 1.78 bits per heavy atom. The summed E-state index contributed by atoms with van der Waals surface area (Å²) in [4.78, 5) is 48.3. The second kappa shape index (κ2) is 15.3. The van der Waals surface area contributed by atoms with Crippen molar-refractivity contribution in [3.63, 3.8) is 0 Å². The van der Waals surface area contributed by atoms with Gasteiger partial charge in [0.25, 0.3) is 5.91 Å². The average molecular weight is 745 g/mol. The van der Waals surface area contributed by atoms with Gasteiger partial charge in [-0.05, 0) is 74.3 Å². The quantitative estimate of drug-likeness (QED) is 0.188. The molecule has 8 rings (SSSR count). The molecule has 3 aliphatic heterocycles. The fourth-order valence-electron chi connectivity index (χ4n) is 7.49. The standard InChI is InChI=1S/C38H40N12O3S/c1-40-31-19-32(33-8-6-28-18-25(20-39)21-42-50(28)33)41-22-29(31)37-45-46-38(54-37)49-16-14-48(15-17-49)27-10-12-47(13-11-27)23-24-2-4-26(5-3-24)35(52)43-30-7-9-34(51)44-36(30)53/h2-6,8,18-19,21-22,27,30H,7,9-17,23H2,1H3,(H,40,41)(H,43,52)(H,44,51,53). The molecule has 3 amide bonds. The van der Waals surface area contributed by atoms with Gasteiger partial charge in [-0.2, -0.15) is 10.4 Å². The lowest BCUT2D eigenvalue weighted by molar-refractivity contribution is -0.134. The summed E-state index contributed by atoms with van der Waals surface area (Å²) in [7, 11) is 1.88. The smallest absolute Gasteiger partial charge is 0.251 e. The van der Waals surface area contributed by atoms with E-state index in [1.54, 1.807) is 40.2 Å². The van der Waals surface area contributed by atoms with Crippen LogP contribution < -0.4 is 20.9 Å². The molecule has 3 aliphatic rings. The molecule has 3 N–H and O–H groups in total. The number of carbonyl (C=O) groups is 3. The first-order chi connectivity index (χ1) is 26.3. The molecule has 15 nitrogen and oxygen atoms in total. The normalized spacial score (nSPS) is 18.7. The zero-order valence-corrected chi connectivity index (χ0v) is 30.7. The Balaban J connectivity index is 0.814. The van der Waals surface area contributed by atoms with E-state index in [0.717, 1.165) is 103 Å². The maximum atomic E-state index is 12.7. The molecule has 0 saturated carbocycles. The van der Waals surface area contributed by atoms with Crippen LogP contribution >= 0.6 is 11.3 Å². The van der Waals surface area contributed by atoms with Gasteiger partial charge in [0.1, 0.15) is 12.1 Å². The molecule has 1 aromatic carbocycles. The van der Waals surface area contributed by atoms with Crippen molar-refractivity contribution in [3.8, 4) is 28.0 Å². The van der Waals surface area contributed by atoms with Gasteiger partial charge in [0.15, 0.2) is 5.01 Å². The maximum Gasteiger partial charge on any atom is 0.251 e. The number of pyridine rings is 1. The number of benzene rings is 1. The minimum absolute atomic E-state index is 0.225. The first-order valence-electron chi connectivity index (χ1n) is 18.2. The summed E-state index contributed by atoms with van der Waals surface area (Å²) in [5, 5.41) is 32.8. The minimum atomic E-state index is -0.686. The van der Waals surface area contributed by atoms with Gasteiger partial charge in [-0.15, -0.1) is 10.2 Å². The average Bonchev–Trinajstić information content (AvgIpc) is 3.87. The fourth-order valence-corrected chi connectivity index (χ4v) is 8.41. The van der Waals surface area contributed by atoms with E-state index in [0.29, 0.717) is 23.6 Å². The Morgan fingerprint density at radius 3 is 2.52 bits per heavy atom. The predicted molar refractivity (Wildman–Crippen MR) is 204 cm³/mol. The third-order valence-electron chi connectivity index (χ3n) is 10.5. The number of carbonyl (C=O) groups excluding carboxylic acids is 3. The number of imide groups is 1. The molecule has 16 heteroatoms. The van der Waals surface area contributed by atoms with Crippen LogP contribution in [0.25, 0.3) is 27.5 Å². The second-order valence-electron chi connectivity index (χ2n) is 13.9. The molecule has 0 radical (unpaired) electrons. The van der Waals surface area contributed by atoms with Crippen molar-refractivity contribution in [2.45, 2.75) is 44.3 Å². The summed E-state index contributed by atoms with van der Waals surface area (Å²) in [5.41, 5.74) is 6.37. The van der Waals surface area contributed by atoms with Gasteiger partial charge in [0.05, 0.1) is 34.2 Å². The number of nitrogens with one attached hydrogen (secondary N) is 3. The molecule has 3 fully saturated rings. The Hall–Kier alpha value is -5.76. The lowest BCUT2D eigenvalue weighted by Crippen LogP contribution is -2.53. The van der Waals surface area contributed by atoms with E-state index in [-0.39, 0.29) is 18.2 Å². The molecule has 7 heterocycles. The third-order valence-corrected chi connectivity index (χ3v) is 11.6. The molecule has 0 spiro atoms. The number of hydrogen-bond acceptors (Lipinski definition) is 13. The number of aromatic nitrogens is 5. The molecular weight excluding hydrogens is 705 g/mol. The van der Waals surface area contributed by atoms with Gasteiger partial charge in [0.2, 0.25) is 16.9 Å². The number of nitrogens with zero attached hydrogens (tertiary/aromatic N) is 9. The summed E-state index contributed by atoms with van der Waals surface area (Å²) in [6, 6.07) is 17.2. The van der Waals surface area contributed by atoms with E-state index in [4.69, 9.17) is 4.98 Å². The van der Waals surface area contributed by atoms with Crippen LogP contribution in [0.4, 0.5) is 10.8 Å². The minimum Gasteiger partial charge on any atom is -0.387 e. The molecule has 0 aliphatic carbocycles. The summed E-state index contributed by atoms with van der Waals surface area (Å²) >= 11 is 1.58. The maximum absolute atomic E-state index is 12.7. The summed E-state index contributed by atoms with van der Waals surface area (Å²) in [6.07, 6.45) is 6.15. The topological polar surface area (TPSA) is 177 Å². The highest BCUT2D eigenvalue weighted by Crippen LogP contribution is 2.35. The predicted octanol–water partition coefficient (Wildman–Crippen LogP) is 3.15. The van der Waals surface area contributed by atoms with Crippen LogP contribution in [-0.4, -0.2) is 111 Å². The van der Waals surface area contributed by atoms with Crippen molar-refractivity contribution in [1.29, 1.82) is 5.26 Å². The molecule has 276 valence electrons. The van der Waals surface area contributed by atoms with E-state index < -0.39 is 11.9 Å². The van der Waals surface area contributed by atoms with Gasteiger partial charge in [0, 0.05) is 69.7 Å². The number of fused-ring (bicyclic) bond motifs is 1. The Kier molecular flexibility index (Phi) is 10.00. The van der Waals surface area contributed by atoms with Crippen molar-refractivity contribution in [2.75, 3.05) is 56.5 Å². The zero-order valence-electron chi connectivity index (χ0n) is 29.9. The van der Waals surface area contributed by atoms with Crippen LogP contribution in [0.2, 0.25) is 0 Å². The number of amides is 3. The lowest BCUT2D eigenvalue weighted by Gasteiger charge is -2.42. The highest BCUT2D eigenvalue weighted by Gasteiger charge is 2.30. The van der Waals surface area contributed by atoms with Gasteiger partial charge in [-0.3, -0.25) is 34.5 Å². The van der Waals surface area contributed by atoms with Gasteiger partial charge in [-0.1, -0.05) is 23.5 Å². The van der Waals surface area contributed by atoms with E-state index in [1.807, 2.05) is 43.6 Å². The second-order valence-corrected chi connectivity index (χ2v) is 14.8. The lowest BCUT2D eigenvalue weighted by atomic mass is 10.0. The molecule has 0 bridgehead atoms. The highest BCUT2D eigenvalue weighted by molar-refractivity contribution is 7.18. The van der Waals surface area contributed by atoms with Crippen LogP contribution in [0.5, 0.6) is 0 Å². The molecule has 5 aromatic rings. The van der Waals surface area contributed by atoms with Gasteiger partial charge < -0.3 is 15.5 Å². The van der Waals surface area contributed by atoms with Crippen molar-refractivity contribution >= 4 is 45.4 Å². The van der Waals surface area contributed by atoms with E-state index in [9.17, 15) is 19.6 Å². The number of nitriles is 1. The van der Waals surface area contributed by atoms with E-state index in [1.165, 1.54) is 0 Å². The molecule has 4 aromatic heterocycles. The number of rotatable bonds is 9. The largest absolute Gasteiger partial charge is 0.387 e. The number of piperazine rings is 1. The van der Waals surface area contributed by atoms with Crippen LogP contribution in [0.3, 0.4) is 0 Å². The number of hydrogen-bond donors (Lipinski definition) is 3. The summed E-state index contributed by atoms with van der Waals surface area (Å²) in [6.45, 7) is 6.62. The Morgan fingerprint density at radius 1 is 0.981 bits per heavy atom. The van der Waals surface area contributed by atoms with E-state index >= 15 is 0 Å². The summed E-state index contributed by atoms with van der Waals surface area (Å²) < 4.78 is 1.79. The zero-order chi connectivity index (χ0) is 37.2. The third kappa shape index (κ3) is 7.38. The van der Waals surface area contributed by atoms with Crippen LogP contribution in [0, 0.1) is 11.3 Å². The Bertz CT molecular complexity index is 2230. The molecule has 1 atom stereocenters. The SMILES string of the molecule is CNc1cc(-c2ccc3cc(C#N)cnn23)ncc1-c1nnc(N2CCN(C3CCN(Cc4ccc(C(=O)NC5CCC(=O)NC5=O)cc4)CC3)CC2)s1. The first kappa shape index (κ1) is 35.3. The van der Waals surface area contributed by atoms with Crippen molar-refractivity contribution in [3.05, 3.63) is 77.6 Å². The monoisotopic (exact) mass is 744 g/mol. The fraction of sp³-hybridized carbons (Fsp3) is 0.368. The van der Waals surface area contributed by atoms with Crippen molar-refractivity contribution in [2.24, 2.45) is 0 Å². The molecule has 3 saturated heterocycles. The van der Waals surface area contributed by atoms with Gasteiger partial charge in [-0.25, -0.2) is 4.52 Å². The number of anilines is 2. The highest BCUT2D eigenvalue weighted by atomic mass is 32.1. The number of likely N-dealkylation sites (tertiary alicyclic amines) is 1. The van der Waals surface area contributed by atoms with Crippen LogP contribution in [0.15, 0.2) is 60.9 Å². The molecule has 1 unspecified atom stereocenters.